The Kier molecular flexibility index (Phi) is 51.1. The standard InChI is InChI=1S/C90H139N21O25/c1-57(112)101-65-36-37-73(114)95-40-22-31-66(105-85(130)67(49-58-52-99-61-27-15-14-26-60(58)61)106-82(127)63(30-21-41-98-90(92)93)102-74(115)53-100-81(126)68(107-84(65)129)50-59-25-20-39-94-59)88(133)111-45-24-33-71(111)89(134)110-44-23-32-70(110)87(132)108-69(51-77(119)120)86(131)104-64(29-17-19-43-109(54-78(121)122)55-79(123)124)83(128)103-62(80(91)125)28-16-18-38-96-75(116)56-136-48-47-135-46-42-97-72(113)34-12-10-8-6-4-2-3-5-7-9-11-13-35-76(117)118/h14-15,25-27,39,52,62-71,99H,2-13,16-24,28-38,40-51,53-56H2,1H3,(H2,91,125)(H,95,114)(H,96,116)(H,97,113)(H,100,126)(H,101,112)(H,102,115)(H,103,128)(H,104,131)(H,105,130)(H,106,127)(H,107,129)(H,108,132)(H,117,118)(H,119,120)(H,121,122)(H,123,124)(H4,92,93,98)/t62-,63-,64-,65-,66-,67-,68-,69-,70-,71-/m0/s1. The van der Waals surface area contributed by atoms with E-state index in [1.807, 2.05) is 0 Å². The number of allylic oxidation sites excluding steroid dienone is 1. The number of aromatic nitrogens is 1. The molecule has 2 aromatic rings. The first-order chi connectivity index (χ1) is 65.2. The van der Waals surface area contributed by atoms with Crippen LogP contribution in [0.3, 0.4) is 0 Å². The molecular weight excluding hydrogens is 1780 g/mol. The van der Waals surface area contributed by atoms with E-state index in [1.165, 1.54) is 22.6 Å². The van der Waals surface area contributed by atoms with Gasteiger partial charge in [0.2, 0.25) is 88.6 Å². The molecule has 23 N–H and O–H groups in total. The zero-order valence-electron chi connectivity index (χ0n) is 77.6. The molecule has 10 atom stereocenters. The van der Waals surface area contributed by atoms with Crippen molar-refractivity contribution in [2.24, 2.45) is 16.5 Å². The van der Waals surface area contributed by atoms with Gasteiger partial charge in [0.1, 0.15) is 67.0 Å². The monoisotopic (exact) mass is 1910 g/mol. The van der Waals surface area contributed by atoms with Crippen LogP contribution in [-0.4, -0.2) is 317 Å². The molecule has 46 heteroatoms. The number of hydrogen-bond donors (Lipinski definition) is 21. The summed E-state index contributed by atoms with van der Waals surface area (Å²) in [6.45, 7) is -0.822. The first kappa shape index (κ1) is 112. The van der Waals surface area contributed by atoms with Crippen LogP contribution >= 0.6 is 0 Å². The number of hydrogen-bond acceptors (Lipinski definition) is 24. The number of aromatic amines is 1. The number of carbonyl (C=O) groups excluding carboxylic acids is 15. The molecule has 3 saturated heterocycles. The number of para-hydroxylation sites is 1. The SMILES string of the molecule is CC(=O)N[C@H]1CCC(=O)NCCC[C@@H](C(=O)N2CCC[C@H]2C(=O)N2CCC[C@H]2C(=O)N[C@@H](CC(=O)O)C(=O)N[C@@H](CCCCN(CC(=O)O)CC(=O)O)C(=O)N[C@@H](CCCCNC(=O)COCCOCCNC(=O)CCCCCCCCCCCCCCC(=O)O)C(N)=O)NC(=O)[C@H](Cc2c[nH]c3ccccc23)NC(=O)[C@H](CCCNC(=N)N)NC(=O)CNC(=O)[C@H](CC2=CCC=N2)NC1=O. The molecule has 136 heavy (non-hydrogen) atoms. The zero-order valence-corrected chi connectivity index (χ0v) is 77.6. The number of aliphatic imine (C=N–C) groups is 1. The van der Waals surface area contributed by atoms with Gasteiger partial charge < -0.3 is 125 Å². The number of nitrogens with one attached hydrogen (secondary N) is 15. The topological polar surface area (TPSA) is 694 Å². The lowest BCUT2D eigenvalue weighted by Crippen LogP contribution is -2.60. The van der Waals surface area contributed by atoms with Gasteiger partial charge in [0, 0.05) is 114 Å². The fourth-order valence-electron chi connectivity index (χ4n) is 16.3. The van der Waals surface area contributed by atoms with Gasteiger partial charge in [-0.05, 0) is 127 Å². The normalized spacial score (nSPS) is 19.4. The van der Waals surface area contributed by atoms with Crippen molar-refractivity contribution in [1.29, 1.82) is 5.41 Å². The average molecular weight is 1920 g/mol. The summed E-state index contributed by atoms with van der Waals surface area (Å²) >= 11 is 0. The molecule has 0 saturated carbocycles. The molecule has 1 aromatic heterocycles. The molecule has 0 unspecified atom stereocenters. The molecule has 754 valence electrons. The maximum atomic E-state index is 15.5. The first-order valence-corrected chi connectivity index (χ1v) is 47.1. The average Bonchev–Trinajstić information content (AvgIpc) is 1.64. The summed E-state index contributed by atoms with van der Waals surface area (Å²) in [5.41, 5.74) is 12.9. The van der Waals surface area contributed by atoms with Crippen LogP contribution in [0.1, 0.15) is 224 Å². The van der Waals surface area contributed by atoms with Crippen molar-refractivity contribution in [2.45, 2.75) is 286 Å². The second-order valence-corrected chi connectivity index (χ2v) is 34.4. The van der Waals surface area contributed by atoms with E-state index in [9.17, 15) is 92.0 Å². The summed E-state index contributed by atoms with van der Waals surface area (Å²) in [4.78, 5) is 268. The first-order valence-electron chi connectivity index (χ1n) is 47.1. The lowest BCUT2D eigenvalue weighted by Gasteiger charge is -2.33. The number of fused-ring (bicyclic) bond motifs is 1. The van der Waals surface area contributed by atoms with Crippen LogP contribution in [0.4, 0.5) is 0 Å². The van der Waals surface area contributed by atoms with Crippen LogP contribution < -0.4 is 80.6 Å². The lowest BCUT2D eigenvalue weighted by atomic mass is 10.0. The molecule has 0 radical (unpaired) electrons. The summed E-state index contributed by atoms with van der Waals surface area (Å²) in [5, 5.41) is 80.3. The van der Waals surface area contributed by atoms with Gasteiger partial charge in [0.05, 0.1) is 45.9 Å². The molecule has 46 nitrogen and oxygen atoms in total. The number of H-pyrrole nitrogens is 1. The number of unbranched alkanes of at least 4 members (excludes halogenated alkanes) is 13. The van der Waals surface area contributed by atoms with Gasteiger partial charge in [-0.1, -0.05) is 88.5 Å². The van der Waals surface area contributed by atoms with Crippen LogP contribution in [0.25, 0.3) is 10.9 Å². The molecule has 0 bridgehead atoms. The Hall–Kier alpha value is -12.8. The van der Waals surface area contributed by atoms with E-state index < -0.39 is 199 Å². The maximum absolute atomic E-state index is 15.5. The van der Waals surface area contributed by atoms with Gasteiger partial charge >= 0.3 is 23.9 Å². The minimum Gasteiger partial charge on any atom is -0.481 e. The van der Waals surface area contributed by atoms with E-state index in [2.05, 4.69) is 79.1 Å². The number of guanidine groups is 1. The molecule has 0 spiro atoms. The highest BCUT2D eigenvalue weighted by Gasteiger charge is 2.45. The van der Waals surface area contributed by atoms with Gasteiger partial charge in [-0.25, -0.2) is 0 Å². The Morgan fingerprint density at radius 3 is 1.82 bits per heavy atom. The fourth-order valence-corrected chi connectivity index (χ4v) is 16.3. The molecular formula is C90H139N21O25. The molecule has 0 aliphatic carbocycles. The minimum absolute atomic E-state index is 0.0161. The quantitative estimate of drug-likeness (QED) is 0.0214. The van der Waals surface area contributed by atoms with Crippen molar-refractivity contribution < 1.29 is 121 Å². The number of likely N-dealkylation sites (tertiary alicyclic amines) is 2. The number of nitrogens with zero attached hydrogens (tertiary/aromatic N) is 4. The van der Waals surface area contributed by atoms with Crippen LogP contribution in [0.2, 0.25) is 0 Å². The number of aliphatic carboxylic acids is 4. The van der Waals surface area contributed by atoms with E-state index in [-0.39, 0.29) is 194 Å². The third-order valence-corrected chi connectivity index (χ3v) is 23.4. The lowest BCUT2D eigenvalue weighted by molar-refractivity contribution is -0.148. The second kappa shape index (κ2) is 62.0. The molecule has 4 aliphatic heterocycles. The van der Waals surface area contributed by atoms with Gasteiger partial charge in [-0.2, -0.15) is 0 Å². The number of carbonyl (C=O) groups is 19. The number of ether oxygens (including phenoxy) is 2. The number of primary amides is 1. The van der Waals surface area contributed by atoms with E-state index in [1.54, 1.807) is 42.8 Å². The summed E-state index contributed by atoms with van der Waals surface area (Å²) in [7, 11) is 0. The van der Waals surface area contributed by atoms with Gasteiger partial charge in [0.15, 0.2) is 5.96 Å². The summed E-state index contributed by atoms with van der Waals surface area (Å²) in [5.74, 6) is -17.5. The molecule has 5 heterocycles. The number of carboxylic acids is 4. The van der Waals surface area contributed by atoms with Crippen LogP contribution in [0.5, 0.6) is 0 Å². The third-order valence-electron chi connectivity index (χ3n) is 23.4. The number of rotatable bonds is 57. The Morgan fingerprint density at radius 2 is 1.16 bits per heavy atom. The van der Waals surface area contributed by atoms with Gasteiger partial charge in [-0.15, -0.1) is 0 Å². The number of amides is 15. The zero-order chi connectivity index (χ0) is 99.3. The van der Waals surface area contributed by atoms with Gasteiger partial charge in [-0.3, -0.25) is 106 Å². The Morgan fingerprint density at radius 1 is 0.559 bits per heavy atom. The van der Waals surface area contributed by atoms with E-state index in [4.69, 9.17) is 31.5 Å². The number of nitrogens with two attached hydrogens (primary N) is 2. The highest BCUT2D eigenvalue weighted by atomic mass is 16.5. The maximum Gasteiger partial charge on any atom is 0.317 e. The predicted molar refractivity (Wildman–Crippen MR) is 493 cm³/mol. The largest absolute Gasteiger partial charge is 0.481 e. The predicted octanol–water partition coefficient (Wildman–Crippen LogP) is -1.01. The summed E-state index contributed by atoms with van der Waals surface area (Å²) < 4.78 is 10.9. The van der Waals surface area contributed by atoms with E-state index in [0.717, 1.165) is 76.0 Å². The van der Waals surface area contributed by atoms with Crippen molar-refractivity contribution >= 4 is 136 Å². The molecule has 4 aliphatic rings. The van der Waals surface area contributed by atoms with Crippen LogP contribution in [-0.2, 0) is 107 Å². The van der Waals surface area contributed by atoms with Crippen molar-refractivity contribution in [3.05, 3.63) is 47.8 Å². The Bertz CT molecular complexity index is 4420. The summed E-state index contributed by atoms with van der Waals surface area (Å²) in [6.07, 6.45) is 16.4. The Balaban J connectivity index is 1.11. The van der Waals surface area contributed by atoms with Crippen LogP contribution in [0.15, 0.2) is 47.2 Å². The highest BCUT2D eigenvalue weighted by Crippen LogP contribution is 2.28. The van der Waals surface area contributed by atoms with Crippen molar-refractivity contribution in [2.75, 3.05) is 91.9 Å². The highest BCUT2D eigenvalue weighted by molar-refractivity contribution is 6.01. The second-order valence-electron chi connectivity index (χ2n) is 34.4. The van der Waals surface area contributed by atoms with Crippen LogP contribution in [0, 0.1) is 5.41 Å². The third kappa shape index (κ3) is 43.3. The minimum atomic E-state index is -1.97. The number of benzene rings is 1. The van der Waals surface area contributed by atoms with Crippen molar-refractivity contribution in [3.8, 4) is 0 Å². The molecule has 3 fully saturated rings. The molecule has 15 amide bonds. The van der Waals surface area contributed by atoms with Gasteiger partial charge in [0.25, 0.3) is 0 Å². The fraction of sp³-hybridized carbons (Fsp3) is 0.656. The smallest absolute Gasteiger partial charge is 0.317 e. The molecule has 1 aromatic carbocycles. The number of carboxylic acid groups (broad SMARTS) is 4. The van der Waals surface area contributed by atoms with Crippen molar-refractivity contribution in [3.63, 3.8) is 0 Å². The van der Waals surface area contributed by atoms with Crippen molar-refractivity contribution in [1.82, 2.24) is 88.8 Å². The summed E-state index contributed by atoms with van der Waals surface area (Å²) in [6, 6.07) is -7.96. The Labute approximate surface area is 789 Å². The van der Waals surface area contributed by atoms with E-state index in [0.29, 0.717) is 41.5 Å². The van der Waals surface area contributed by atoms with E-state index >= 15 is 14.4 Å². The molecule has 6 rings (SSSR count).